The third-order valence-electron chi connectivity index (χ3n) is 2.74. The molecule has 1 atom stereocenters. The predicted molar refractivity (Wildman–Crippen MR) is 69.8 cm³/mol. The molecule has 0 saturated carbocycles. The molecule has 1 unspecified atom stereocenters. The van der Waals surface area contributed by atoms with Crippen LogP contribution in [0.5, 0.6) is 0 Å². The first-order chi connectivity index (χ1) is 7.65. The van der Waals surface area contributed by atoms with Crippen LogP contribution in [-0.2, 0) is 0 Å². The average Bonchev–Trinajstić information content (AvgIpc) is 2.26. The summed E-state index contributed by atoms with van der Waals surface area (Å²) in [7, 11) is 0. The number of likely N-dealkylation sites (N-methyl/N-ethyl adjacent to an activating group) is 1. The molecule has 16 heavy (non-hydrogen) atoms. The normalized spacial score (nSPS) is 12.8. The van der Waals surface area contributed by atoms with E-state index in [1.165, 1.54) is 0 Å². The Morgan fingerprint density at radius 3 is 2.62 bits per heavy atom. The van der Waals surface area contributed by atoms with Gasteiger partial charge in [0.05, 0.1) is 0 Å². The van der Waals surface area contributed by atoms with Crippen molar-refractivity contribution in [1.29, 1.82) is 0 Å². The molecule has 0 aliphatic rings. The minimum atomic E-state index is 0.460. The molecule has 1 heterocycles. The van der Waals surface area contributed by atoms with E-state index in [9.17, 15) is 0 Å². The van der Waals surface area contributed by atoms with Crippen LogP contribution in [0.4, 0.5) is 5.69 Å². The summed E-state index contributed by atoms with van der Waals surface area (Å²) in [6, 6.07) is 4.56. The number of aromatic nitrogens is 1. The third-order valence-corrected chi connectivity index (χ3v) is 2.74. The number of nitrogens with zero attached hydrogens (tertiary/aromatic N) is 2. The van der Waals surface area contributed by atoms with Gasteiger partial charge in [-0.05, 0) is 39.1 Å². The number of pyridine rings is 1. The summed E-state index contributed by atoms with van der Waals surface area (Å²) in [6.07, 6.45) is 1.85. The van der Waals surface area contributed by atoms with Gasteiger partial charge in [-0.2, -0.15) is 0 Å². The van der Waals surface area contributed by atoms with Gasteiger partial charge in [-0.3, -0.25) is 4.98 Å². The highest BCUT2D eigenvalue weighted by molar-refractivity contribution is 5.43. The van der Waals surface area contributed by atoms with Crippen LogP contribution >= 0.6 is 0 Å². The fourth-order valence-corrected chi connectivity index (χ4v) is 1.83. The smallest absolute Gasteiger partial charge is 0.0393 e. The maximum atomic E-state index is 4.19. The summed E-state index contributed by atoms with van der Waals surface area (Å²) in [5, 5.41) is 3.50. The van der Waals surface area contributed by atoms with E-state index in [0.717, 1.165) is 31.0 Å². The summed E-state index contributed by atoms with van der Waals surface area (Å²) >= 11 is 0. The Balaban J connectivity index is 2.47. The molecule has 90 valence electrons. The van der Waals surface area contributed by atoms with Crippen molar-refractivity contribution in [2.45, 2.75) is 33.7 Å². The van der Waals surface area contributed by atoms with Crippen molar-refractivity contribution in [1.82, 2.24) is 9.88 Å². The van der Waals surface area contributed by atoms with Crippen LogP contribution in [0, 0.1) is 6.92 Å². The van der Waals surface area contributed by atoms with Crippen LogP contribution in [-0.4, -0.2) is 35.6 Å². The number of hydrogen-bond donors (Lipinski definition) is 1. The van der Waals surface area contributed by atoms with Crippen LogP contribution in [0.25, 0.3) is 0 Å². The lowest BCUT2D eigenvalue weighted by Crippen LogP contribution is -2.34. The molecule has 0 aliphatic carbocycles. The quantitative estimate of drug-likeness (QED) is 0.800. The van der Waals surface area contributed by atoms with Gasteiger partial charge < -0.3 is 10.2 Å². The number of aryl methyl sites for hydroxylation is 1. The Kier molecular flexibility index (Phi) is 5.26. The lowest BCUT2D eigenvalue weighted by molar-refractivity contribution is 0.295. The van der Waals surface area contributed by atoms with Gasteiger partial charge in [0.2, 0.25) is 0 Å². The minimum Gasteiger partial charge on any atom is -0.381 e. The number of rotatable bonds is 6. The van der Waals surface area contributed by atoms with Crippen molar-refractivity contribution in [3.63, 3.8) is 0 Å². The Morgan fingerprint density at radius 1 is 1.38 bits per heavy atom. The third kappa shape index (κ3) is 4.19. The Morgan fingerprint density at radius 2 is 2.06 bits per heavy atom. The zero-order valence-electron chi connectivity index (χ0n) is 10.8. The Labute approximate surface area is 98.9 Å². The molecule has 0 aliphatic heterocycles. The molecule has 3 heteroatoms. The predicted octanol–water partition coefficient (Wildman–Crippen LogP) is 2.53. The van der Waals surface area contributed by atoms with E-state index in [2.05, 4.69) is 42.0 Å². The zero-order valence-corrected chi connectivity index (χ0v) is 10.8. The molecule has 0 bridgehead atoms. The Bertz CT molecular complexity index is 308. The minimum absolute atomic E-state index is 0.460. The zero-order chi connectivity index (χ0) is 12.0. The van der Waals surface area contributed by atoms with Gasteiger partial charge in [0.1, 0.15) is 0 Å². The first-order valence-electron chi connectivity index (χ1n) is 6.07. The maximum absolute atomic E-state index is 4.19. The largest absolute Gasteiger partial charge is 0.381 e. The summed E-state index contributed by atoms with van der Waals surface area (Å²) < 4.78 is 0. The summed E-state index contributed by atoms with van der Waals surface area (Å²) in [6.45, 7) is 11.9. The molecule has 0 radical (unpaired) electrons. The van der Waals surface area contributed by atoms with Crippen LogP contribution in [0.2, 0.25) is 0 Å². The molecule has 0 fully saturated rings. The topological polar surface area (TPSA) is 28.2 Å². The van der Waals surface area contributed by atoms with Crippen molar-refractivity contribution in [2.75, 3.05) is 25.0 Å². The fourth-order valence-electron chi connectivity index (χ4n) is 1.83. The summed E-state index contributed by atoms with van der Waals surface area (Å²) in [4.78, 5) is 6.61. The average molecular weight is 221 g/mol. The standard InChI is InChI=1S/C13H23N3/c1-5-16(6-2)10-12(4)15-13-7-8-14-11(3)9-13/h7-9,12H,5-6,10H2,1-4H3,(H,14,15). The molecule has 0 spiro atoms. The van der Waals surface area contributed by atoms with Crippen molar-refractivity contribution in [3.8, 4) is 0 Å². The summed E-state index contributed by atoms with van der Waals surface area (Å²) in [5.74, 6) is 0. The number of anilines is 1. The van der Waals surface area contributed by atoms with E-state index in [0.29, 0.717) is 6.04 Å². The first-order valence-corrected chi connectivity index (χ1v) is 6.07. The second-order valence-corrected chi connectivity index (χ2v) is 4.22. The molecule has 0 aromatic carbocycles. The lowest BCUT2D eigenvalue weighted by atomic mass is 10.2. The SMILES string of the molecule is CCN(CC)CC(C)Nc1ccnc(C)c1. The molecule has 1 N–H and O–H groups in total. The van der Waals surface area contributed by atoms with Crippen molar-refractivity contribution < 1.29 is 0 Å². The highest BCUT2D eigenvalue weighted by Gasteiger charge is 2.06. The van der Waals surface area contributed by atoms with Crippen LogP contribution in [0.3, 0.4) is 0 Å². The van der Waals surface area contributed by atoms with Gasteiger partial charge in [-0.25, -0.2) is 0 Å². The first kappa shape index (κ1) is 13.0. The number of hydrogen-bond acceptors (Lipinski definition) is 3. The molecule has 1 aromatic heterocycles. The van der Waals surface area contributed by atoms with Crippen LogP contribution in [0.15, 0.2) is 18.3 Å². The molecule has 1 rings (SSSR count). The number of nitrogens with one attached hydrogen (secondary N) is 1. The van der Waals surface area contributed by atoms with Gasteiger partial charge in [0.15, 0.2) is 0 Å². The van der Waals surface area contributed by atoms with E-state index in [1.807, 2.05) is 19.2 Å². The molecule has 0 amide bonds. The van der Waals surface area contributed by atoms with Crippen molar-refractivity contribution >= 4 is 5.69 Å². The Hall–Kier alpha value is -1.09. The van der Waals surface area contributed by atoms with E-state index in [1.54, 1.807) is 0 Å². The molecule has 1 aromatic rings. The van der Waals surface area contributed by atoms with Gasteiger partial charge in [-0.15, -0.1) is 0 Å². The van der Waals surface area contributed by atoms with E-state index < -0.39 is 0 Å². The molecule has 0 saturated heterocycles. The highest BCUT2D eigenvalue weighted by Crippen LogP contribution is 2.09. The van der Waals surface area contributed by atoms with E-state index in [-0.39, 0.29) is 0 Å². The van der Waals surface area contributed by atoms with Gasteiger partial charge >= 0.3 is 0 Å². The van der Waals surface area contributed by atoms with E-state index >= 15 is 0 Å². The van der Waals surface area contributed by atoms with Crippen molar-refractivity contribution in [2.24, 2.45) is 0 Å². The molecular weight excluding hydrogens is 198 g/mol. The molecular formula is C13H23N3. The maximum Gasteiger partial charge on any atom is 0.0393 e. The van der Waals surface area contributed by atoms with Crippen LogP contribution < -0.4 is 5.32 Å². The fraction of sp³-hybridized carbons (Fsp3) is 0.615. The second kappa shape index (κ2) is 6.48. The highest BCUT2D eigenvalue weighted by atomic mass is 15.1. The monoisotopic (exact) mass is 221 g/mol. The second-order valence-electron chi connectivity index (χ2n) is 4.22. The van der Waals surface area contributed by atoms with Gasteiger partial charge in [0, 0.05) is 30.2 Å². The lowest BCUT2D eigenvalue weighted by Gasteiger charge is -2.24. The molecule has 3 nitrogen and oxygen atoms in total. The van der Waals surface area contributed by atoms with E-state index in [4.69, 9.17) is 0 Å². The van der Waals surface area contributed by atoms with Gasteiger partial charge in [-0.1, -0.05) is 13.8 Å². The van der Waals surface area contributed by atoms with Crippen LogP contribution in [0.1, 0.15) is 26.5 Å². The summed E-state index contributed by atoms with van der Waals surface area (Å²) in [5.41, 5.74) is 2.21. The van der Waals surface area contributed by atoms with Crippen molar-refractivity contribution in [3.05, 3.63) is 24.0 Å². The van der Waals surface area contributed by atoms with Gasteiger partial charge in [0.25, 0.3) is 0 Å².